The number of carbonyl (C=O) groups is 15. The molecule has 1 aromatic heterocycles. The van der Waals surface area contributed by atoms with Crippen molar-refractivity contribution in [2.45, 2.75) is 161 Å². The van der Waals surface area contributed by atoms with E-state index in [1.165, 1.54) is 38.1 Å². The zero-order valence-corrected chi connectivity index (χ0v) is 58.3. The Kier molecular flexibility index (Phi) is 35.0. The summed E-state index contributed by atoms with van der Waals surface area (Å²) in [6.07, 6.45) is -1.07. The number of amides is 13. The number of para-hydroxylation sites is 1. The van der Waals surface area contributed by atoms with E-state index < -0.39 is 212 Å². The summed E-state index contributed by atoms with van der Waals surface area (Å²) in [5.41, 5.74) is 23.8. The van der Waals surface area contributed by atoms with Crippen LogP contribution in [0.25, 0.3) is 10.9 Å². The predicted molar refractivity (Wildman–Crippen MR) is 370 cm³/mol. The van der Waals surface area contributed by atoms with Crippen LogP contribution >= 0.6 is 12.6 Å². The lowest BCUT2D eigenvalue weighted by molar-refractivity contribution is -0.142. The molecule has 3 aromatic rings. The van der Waals surface area contributed by atoms with Crippen molar-refractivity contribution in [2.75, 3.05) is 31.9 Å². The molecule has 556 valence electrons. The van der Waals surface area contributed by atoms with E-state index in [-0.39, 0.29) is 49.7 Å². The van der Waals surface area contributed by atoms with Crippen LogP contribution in [0.4, 0.5) is 0 Å². The number of aliphatic imine (C=N–C) groups is 1. The summed E-state index contributed by atoms with van der Waals surface area (Å²) in [5.74, 6) is -18.6. The van der Waals surface area contributed by atoms with Gasteiger partial charge in [-0.1, -0.05) is 85.7 Å². The number of nitrogens with zero attached hydrogens (tertiary/aromatic N) is 1. The molecule has 1 heterocycles. The van der Waals surface area contributed by atoms with Gasteiger partial charge in [0.2, 0.25) is 76.8 Å². The second-order valence-corrected chi connectivity index (χ2v) is 25.5. The third-order valence-corrected chi connectivity index (χ3v) is 15.9. The van der Waals surface area contributed by atoms with Gasteiger partial charge in [-0.3, -0.25) is 72.1 Å². The van der Waals surface area contributed by atoms with Gasteiger partial charge in [-0.25, -0.2) is 4.79 Å². The van der Waals surface area contributed by atoms with Crippen LogP contribution in [0.5, 0.6) is 5.75 Å². The van der Waals surface area contributed by atoms with Crippen LogP contribution in [0.15, 0.2) is 59.7 Å². The Labute approximate surface area is 587 Å². The number of phenols is 1. The molecule has 24 N–H and O–H groups in total. The number of hydrogen-bond acceptors (Lipinski definition) is 19. The second kappa shape index (κ2) is 41.7. The van der Waals surface area contributed by atoms with E-state index in [1.807, 2.05) is 0 Å². The average molecular weight is 1440 g/mol. The van der Waals surface area contributed by atoms with Gasteiger partial charge in [-0.15, -0.1) is 0 Å². The third-order valence-electron chi connectivity index (χ3n) is 15.5. The van der Waals surface area contributed by atoms with Crippen LogP contribution < -0.4 is 86.7 Å². The van der Waals surface area contributed by atoms with Crippen LogP contribution in [-0.2, 0) is 84.8 Å². The summed E-state index contributed by atoms with van der Waals surface area (Å²) in [7, 11) is 0. The highest BCUT2D eigenvalue weighted by molar-refractivity contribution is 7.80. The van der Waals surface area contributed by atoms with Gasteiger partial charge in [0, 0.05) is 48.7 Å². The molecule has 101 heavy (non-hydrogen) atoms. The molecule has 0 saturated heterocycles. The molecule has 0 fully saturated rings. The maximum atomic E-state index is 14.9. The Hall–Kier alpha value is -10.6. The molecule has 0 radical (unpaired) electrons. The first-order chi connectivity index (χ1) is 47.5. The number of hydrogen-bond donors (Lipinski definition) is 21. The fourth-order valence-electron chi connectivity index (χ4n) is 9.95. The van der Waals surface area contributed by atoms with Gasteiger partial charge in [0.1, 0.15) is 66.2 Å². The van der Waals surface area contributed by atoms with E-state index in [2.05, 4.69) is 86.4 Å². The number of aromatic amines is 1. The maximum Gasteiger partial charge on any atom is 0.327 e. The summed E-state index contributed by atoms with van der Waals surface area (Å²) >= 11 is 3.86. The molecule has 3 rings (SSSR count). The molecular formula is C64H96N18O18S. The molecule has 10 atom stereocenters. The molecule has 0 saturated carbocycles. The maximum absolute atomic E-state index is 14.9. The summed E-state index contributed by atoms with van der Waals surface area (Å²) in [4.78, 5) is 208. The Bertz CT molecular complexity index is 3450. The number of benzene rings is 2. The van der Waals surface area contributed by atoms with Crippen LogP contribution in [0.1, 0.15) is 98.6 Å². The van der Waals surface area contributed by atoms with Crippen molar-refractivity contribution in [2.24, 2.45) is 51.6 Å². The molecule has 37 heteroatoms. The number of aliphatic carboxylic acids is 2. The second-order valence-electron chi connectivity index (χ2n) is 25.1. The standard InChI is InChI=1S/C64H96N18O18S/c1-30(2)50(59(95)72-27-47(86)74-44(29-101)63(99)100)79-48(87)28-71-54(90)40(19-20-45(66)84)75-56(92)43(24-49(88)89)78-61(97)51(31(3)4)80-58(94)42(23-35-26-70-38-13-10-9-12-37(35)38)77-55(91)39(14-11-21-69-64(67)68)76-60(96)52(32(5)6)82-62(98)53(33(7)8)81-57(93)41(73-46(85)25-65)22-34-15-17-36(83)18-16-34/h9-10,12-13,15-18,26,30-33,39-44,50-53,70,83,101H,11,14,19-25,27-29,65H2,1-8H3,(H2,66,84)(H,71,90)(H,72,95)(H,73,85)(H,74,86)(H,75,92)(H,76,96)(H,77,91)(H,78,97)(H,79,87)(H,80,94)(H,81,93)(H,82,98)(H,88,89)(H,99,100)(H4,67,68,69)/t39-,40-,41-,42-,43-,44-,50-,51-,52-,53-/m0/s1. The number of aromatic hydroxyl groups is 1. The zero-order valence-electron chi connectivity index (χ0n) is 57.4. The normalized spacial score (nSPS) is 14.1. The van der Waals surface area contributed by atoms with E-state index in [9.17, 15) is 87.2 Å². The highest BCUT2D eigenvalue weighted by Gasteiger charge is 2.38. The van der Waals surface area contributed by atoms with Gasteiger partial charge in [0.25, 0.3) is 0 Å². The van der Waals surface area contributed by atoms with E-state index in [1.54, 1.807) is 72.0 Å². The minimum atomic E-state index is -2.00. The lowest BCUT2D eigenvalue weighted by Crippen LogP contribution is -2.62. The molecule has 36 nitrogen and oxygen atoms in total. The zero-order chi connectivity index (χ0) is 76.0. The number of phenolic OH excluding ortho intramolecular Hbond substituents is 1. The molecule has 0 spiro atoms. The molecule has 0 aliphatic rings. The van der Waals surface area contributed by atoms with Crippen molar-refractivity contribution in [3.63, 3.8) is 0 Å². The first-order valence-electron chi connectivity index (χ1n) is 32.4. The van der Waals surface area contributed by atoms with E-state index in [0.717, 1.165) is 0 Å². The minimum Gasteiger partial charge on any atom is -0.508 e. The van der Waals surface area contributed by atoms with E-state index in [4.69, 9.17) is 22.9 Å². The van der Waals surface area contributed by atoms with Crippen LogP contribution in [0.2, 0.25) is 0 Å². The highest BCUT2D eigenvalue weighted by atomic mass is 32.1. The minimum absolute atomic E-state index is 0.0417. The summed E-state index contributed by atoms with van der Waals surface area (Å²) < 4.78 is 0. The lowest BCUT2D eigenvalue weighted by Gasteiger charge is -2.30. The van der Waals surface area contributed by atoms with Crippen LogP contribution in [0.3, 0.4) is 0 Å². The highest BCUT2D eigenvalue weighted by Crippen LogP contribution is 2.21. The van der Waals surface area contributed by atoms with Crippen molar-refractivity contribution in [3.8, 4) is 5.75 Å². The SMILES string of the molecule is CC(C)[C@H](NC(=O)CNC(=O)[C@H](CCC(N)=O)NC(=O)[C@H](CC(=O)O)NC(=O)[C@@H](NC(=O)[C@H](Cc1c[nH]c2ccccc12)NC(=O)[C@H](CCCN=C(N)N)NC(=O)[C@@H](NC(=O)[C@@H](NC(=O)[C@H](Cc1ccc(O)cc1)NC(=O)CN)C(C)C)C(C)C)C(C)C)C(=O)NCC(=O)N[C@@H](CS)C(=O)O. The van der Waals surface area contributed by atoms with Crippen LogP contribution in [-0.4, -0.2) is 207 Å². The topological polar surface area (TPSA) is 593 Å². The number of primary amides is 1. The quantitative estimate of drug-likeness (QED) is 0.0109. The summed E-state index contributed by atoms with van der Waals surface area (Å²) in [6, 6.07) is -2.22. The van der Waals surface area contributed by atoms with E-state index >= 15 is 0 Å². The number of carboxylic acid groups (broad SMARTS) is 2. The Balaban J connectivity index is 1.94. The van der Waals surface area contributed by atoms with Gasteiger partial charge in [0.05, 0.1) is 26.1 Å². The Morgan fingerprint density at radius 1 is 0.495 bits per heavy atom. The number of nitrogens with two attached hydrogens (primary N) is 4. The number of carboxylic acids is 2. The Morgan fingerprint density at radius 2 is 0.941 bits per heavy atom. The number of aromatic nitrogens is 1. The van der Waals surface area contributed by atoms with Crippen molar-refractivity contribution < 1.29 is 87.2 Å². The Morgan fingerprint density at radius 3 is 1.46 bits per heavy atom. The largest absolute Gasteiger partial charge is 0.508 e. The lowest BCUT2D eigenvalue weighted by atomic mass is 9.98. The fraction of sp³-hybridized carbons (Fsp3) is 0.531. The number of fused-ring (bicyclic) bond motifs is 1. The predicted octanol–water partition coefficient (Wildman–Crippen LogP) is -4.87. The van der Waals surface area contributed by atoms with Gasteiger partial charge >= 0.3 is 11.9 Å². The molecule has 0 aliphatic carbocycles. The van der Waals surface area contributed by atoms with Gasteiger partial charge in [0.15, 0.2) is 5.96 Å². The fourth-order valence-corrected chi connectivity index (χ4v) is 10.2. The molecular weight excluding hydrogens is 1340 g/mol. The van der Waals surface area contributed by atoms with Crippen molar-refractivity contribution in [3.05, 3.63) is 65.9 Å². The first kappa shape index (κ1) is 84.6. The van der Waals surface area contributed by atoms with Crippen molar-refractivity contribution in [1.29, 1.82) is 0 Å². The number of thiol groups is 1. The smallest absolute Gasteiger partial charge is 0.327 e. The number of H-pyrrole nitrogens is 1. The molecule has 13 amide bonds. The average Bonchev–Trinajstić information content (AvgIpc) is 1.70. The van der Waals surface area contributed by atoms with Crippen molar-refractivity contribution >= 4 is 118 Å². The molecule has 0 bridgehead atoms. The van der Waals surface area contributed by atoms with Gasteiger partial charge in [-0.2, -0.15) is 12.6 Å². The summed E-state index contributed by atoms with van der Waals surface area (Å²) in [6.45, 7) is 10.5. The van der Waals surface area contributed by atoms with Gasteiger partial charge in [-0.05, 0) is 72.3 Å². The molecule has 0 unspecified atom stereocenters. The number of nitrogens with one attached hydrogen (secondary N) is 13. The van der Waals surface area contributed by atoms with Gasteiger partial charge < -0.3 is 107 Å². The van der Waals surface area contributed by atoms with Crippen LogP contribution in [0, 0.1) is 23.7 Å². The third kappa shape index (κ3) is 29.0. The molecule has 0 aliphatic heterocycles. The summed E-state index contributed by atoms with van der Waals surface area (Å²) in [5, 5.41) is 59.1. The monoisotopic (exact) mass is 1440 g/mol. The van der Waals surface area contributed by atoms with Crippen molar-refractivity contribution in [1.82, 2.24) is 68.8 Å². The van der Waals surface area contributed by atoms with E-state index in [0.29, 0.717) is 22.0 Å². The first-order valence-corrected chi connectivity index (χ1v) is 33.1. The number of guanidine groups is 1. The molecule has 2 aromatic carbocycles. The number of rotatable bonds is 43. The number of carbonyl (C=O) groups excluding carboxylic acids is 13.